The van der Waals surface area contributed by atoms with E-state index in [4.69, 9.17) is 4.74 Å². The number of nitrogens with one attached hydrogen (secondary N) is 2. The number of carbonyl (C=O) groups is 1. The lowest BCUT2D eigenvalue weighted by atomic mass is 10.2. The Bertz CT molecular complexity index is 821. The van der Waals surface area contributed by atoms with Crippen LogP contribution in [-0.4, -0.2) is 27.5 Å². The molecule has 0 spiro atoms. The quantitative estimate of drug-likeness (QED) is 0.789. The van der Waals surface area contributed by atoms with Gasteiger partial charge in [0.15, 0.2) is 0 Å². The summed E-state index contributed by atoms with van der Waals surface area (Å²) in [7, 11) is -2.40. The van der Waals surface area contributed by atoms with E-state index in [-0.39, 0.29) is 11.3 Å². The number of anilines is 1. The molecular weight excluding hydrogens is 347 g/mol. The van der Waals surface area contributed by atoms with Gasteiger partial charge >= 0.3 is 0 Å². The Kier molecular flexibility index (Phi) is 6.11. The molecule has 0 saturated heterocycles. The van der Waals surface area contributed by atoms with E-state index >= 15 is 0 Å². The van der Waals surface area contributed by atoms with Gasteiger partial charge in [-0.2, -0.15) is 4.72 Å². The fraction of sp³-hybridized carbons (Fsp3) is 0.235. The number of carbonyl (C=O) groups excluding carboxylic acids is 1. The molecule has 6 nitrogen and oxygen atoms in total. The number of halogens is 1. The molecule has 2 N–H and O–H groups in total. The fourth-order valence-electron chi connectivity index (χ4n) is 2.10. The fourth-order valence-corrected chi connectivity index (χ4v) is 3.37. The zero-order chi connectivity index (χ0) is 18.4. The van der Waals surface area contributed by atoms with Gasteiger partial charge in [0.25, 0.3) is 0 Å². The molecular formula is C17H19FN2O4S. The summed E-state index contributed by atoms with van der Waals surface area (Å²) in [5.74, 6) is -0.386. The lowest BCUT2D eigenvalue weighted by molar-refractivity contribution is -0.117. The lowest BCUT2D eigenvalue weighted by Crippen LogP contribution is -2.43. The summed E-state index contributed by atoms with van der Waals surface area (Å²) in [5.41, 5.74) is 0.519. The van der Waals surface area contributed by atoms with Crippen LogP contribution in [0.15, 0.2) is 53.4 Å². The minimum absolute atomic E-state index is 0.107. The SMILES string of the molecule is CCC(NS(=O)(=O)c1ccc(F)cc1)C(=O)Nc1ccc(OC)cc1. The standard InChI is InChI=1S/C17H19FN2O4S/c1-3-16(17(21)19-13-6-8-14(24-2)9-7-13)20-25(22,23)15-10-4-12(18)5-11-15/h4-11,16,20H,3H2,1-2H3,(H,19,21). The molecule has 25 heavy (non-hydrogen) atoms. The van der Waals surface area contributed by atoms with Crippen molar-refractivity contribution < 1.29 is 22.3 Å². The molecule has 0 aliphatic rings. The molecule has 0 fully saturated rings. The Morgan fingerprint density at radius 1 is 1.12 bits per heavy atom. The van der Waals surface area contributed by atoms with Crippen molar-refractivity contribution in [2.75, 3.05) is 12.4 Å². The molecule has 134 valence electrons. The molecule has 0 aliphatic carbocycles. The van der Waals surface area contributed by atoms with Crippen molar-refractivity contribution in [3.8, 4) is 5.75 Å². The molecule has 2 aromatic rings. The highest BCUT2D eigenvalue weighted by atomic mass is 32.2. The molecule has 8 heteroatoms. The number of methoxy groups -OCH3 is 1. The maximum Gasteiger partial charge on any atom is 0.242 e. The van der Waals surface area contributed by atoms with Crippen molar-refractivity contribution in [2.45, 2.75) is 24.3 Å². The minimum atomic E-state index is -3.93. The molecule has 0 aromatic heterocycles. The third-order valence-electron chi connectivity index (χ3n) is 3.50. The third-order valence-corrected chi connectivity index (χ3v) is 4.99. The van der Waals surface area contributed by atoms with Crippen molar-refractivity contribution in [1.29, 1.82) is 0 Å². The second-order valence-corrected chi connectivity index (χ2v) is 6.97. The van der Waals surface area contributed by atoms with Crippen molar-refractivity contribution in [3.63, 3.8) is 0 Å². The number of rotatable bonds is 7. The molecule has 1 amide bonds. The number of amides is 1. The van der Waals surface area contributed by atoms with E-state index in [1.165, 1.54) is 7.11 Å². The summed E-state index contributed by atoms with van der Waals surface area (Å²) in [6.45, 7) is 1.69. The van der Waals surface area contributed by atoms with Crippen LogP contribution >= 0.6 is 0 Å². The molecule has 0 aliphatic heterocycles. The van der Waals surface area contributed by atoms with Crippen molar-refractivity contribution >= 4 is 21.6 Å². The monoisotopic (exact) mass is 366 g/mol. The van der Waals surface area contributed by atoms with E-state index in [2.05, 4.69) is 10.0 Å². The molecule has 0 radical (unpaired) electrons. The highest BCUT2D eigenvalue weighted by Crippen LogP contribution is 2.16. The summed E-state index contributed by atoms with van der Waals surface area (Å²) >= 11 is 0. The van der Waals surface area contributed by atoms with Crippen molar-refractivity contribution in [1.82, 2.24) is 4.72 Å². The van der Waals surface area contributed by atoms with E-state index in [1.54, 1.807) is 31.2 Å². The third kappa shape index (κ3) is 5.01. The van der Waals surface area contributed by atoms with Gasteiger partial charge in [-0.15, -0.1) is 0 Å². The number of hydrogen-bond donors (Lipinski definition) is 2. The van der Waals surface area contributed by atoms with E-state index in [9.17, 15) is 17.6 Å². The first-order valence-corrected chi connectivity index (χ1v) is 9.07. The zero-order valence-corrected chi connectivity index (χ0v) is 14.6. The molecule has 0 bridgehead atoms. The van der Waals surface area contributed by atoms with Gasteiger partial charge in [0.2, 0.25) is 15.9 Å². The number of hydrogen-bond acceptors (Lipinski definition) is 4. The van der Waals surface area contributed by atoms with Gasteiger partial charge in [0.1, 0.15) is 17.6 Å². The van der Waals surface area contributed by atoms with E-state index in [0.29, 0.717) is 11.4 Å². The summed E-state index contributed by atoms with van der Waals surface area (Å²) in [6.07, 6.45) is 0.252. The van der Waals surface area contributed by atoms with Gasteiger partial charge in [-0.25, -0.2) is 12.8 Å². The Hall–Kier alpha value is -2.45. The smallest absolute Gasteiger partial charge is 0.242 e. The maximum atomic E-state index is 12.9. The number of ether oxygens (including phenoxy) is 1. The van der Waals surface area contributed by atoms with Crippen LogP contribution in [0.4, 0.5) is 10.1 Å². The van der Waals surface area contributed by atoms with Gasteiger partial charge < -0.3 is 10.1 Å². The Balaban J connectivity index is 2.09. The molecule has 0 heterocycles. The summed E-state index contributed by atoms with van der Waals surface area (Å²) < 4.78 is 45.0. The topological polar surface area (TPSA) is 84.5 Å². The van der Waals surface area contributed by atoms with Gasteiger partial charge in [0, 0.05) is 5.69 Å². The molecule has 2 aromatic carbocycles. The van der Waals surface area contributed by atoms with E-state index in [0.717, 1.165) is 24.3 Å². The van der Waals surface area contributed by atoms with Crippen molar-refractivity contribution in [2.24, 2.45) is 0 Å². The largest absolute Gasteiger partial charge is 0.497 e. The van der Waals surface area contributed by atoms with Crippen LogP contribution in [0.1, 0.15) is 13.3 Å². The first kappa shape index (κ1) is 18.9. The molecule has 1 unspecified atom stereocenters. The minimum Gasteiger partial charge on any atom is -0.497 e. The van der Waals surface area contributed by atoms with Crippen LogP contribution in [0.5, 0.6) is 5.75 Å². The van der Waals surface area contributed by atoms with Crippen LogP contribution in [0, 0.1) is 5.82 Å². The average molecular weight is 366 g/mol. The first-order valence-electron chi connectivity index (χ1n) is 7.58. The molecule has 0 saturated carbocycles. The van der Waals surface area contributed by atoms with Gasteiger partial charge in [0.05, 0.1) is 12.0 Å². The highest BCUT2D eigenvalue weighted by Gasteiger charge is 2.24. The maximum absolute atomic E-state index is 12.9. The van der Waals surface area contributed by atoms with Crippen molar-refractivity contribution in [3.05, 3.63) is 54.3 Å². The summed E-state index contributed by atoms with van der Waals surface area (Å²) in [6, 6.07) is 10.1. The van der Waals surface area contributed by atoms with Crippen LogP contribution in [0.25, 0.3) is 0 Å². The summed E-state index contributed by atoms with van der Waals surface area (Å²) in [4.78, 5) is 12.2. The highest BCUT2D eigenvalue weighted by molar-refractivity contribution is 7.89. The van der Waals surface area contributed by atoms with E-state index < -0.39 is 27.8 Å². The average Bonchev–Trinajstić information content (AvgIpc) is 2.60. The molecule has 2 rings (SSSR count). The predicted octanol–water partition coefficient (Wildman–Crippen LogP) is 2.53. The first-order chi connectivity index (χ1) is 11.9. The number of sulfonamides is 1. The lowest BCUT2D eigenvalue weighted by Gasteiger charge is -2.17. The van der Waals surface area contributed by atoms with Crippen LogP contribution < -0.4 is 14.8 Å². The second-order valence-electron chi connectivity index (χ2n) is 5.25. The second kappa shape index (κ2) is 8.09. The number of benzene rings is 2. The Morgan fingerprint density at radius 2 is 1.72 bits per heavy atom. The van der Waals surface area contributed by atoms with Gasteiger partial charge in [-0.05, 0) is 55.0 Å². The Morgan fingerprint density at radius 3 is 2.24 bits per heavy atom. The zero-order valence-electron chi connectivity index (χ0n) is 13.8. The van der Waals surface area contributed by atoms with Crippen LogP contribution in [0.2, 0.25) is 0 Å². The van der Waals surface area contributed by atoms with Gasteiger partial charge in [-0.3, -0.25) is 4.79 Å². The normalized spacial score (nSPS) is 12.4. The molecule has 1 atom stereocenters. The van der Waals surface area contributed by atoms with Crippen LogP contribution in [-0.2, 0) is 14.8 Å². The Labute approximate surface area is 146 Å². The van der Waals surface area contributed by atoms with E-state index in [1.807, 2.05) is 0 Å². The van der Waals surface area contributed by atoms with Crippen LogP contribution in [0.3, 0.4) is 0 Å². The summed E-state index contributed by atoms with van der Waals surface area (Å²) in [5, 5.41) is 2.65. The van der Waals surface area contributed by atoms with Gasteiger partial charge in [-0.1, -0.05) is 6.92 Å². The predicted molar refractivity (Wildman–Crippen MR) is 92.4 cm³/mol.